The van der Waals surface area contributed by atoms with Crippen LogP contribution in [0.1, 0.15) is 43.7 Å². The number of aromatic nitrogens is 3. The van der Waals surface area contributed by atoms with E-state index in [-0.39, 0.29) is 5.91 Å². The Hall–Kier alpha value is -1.59. The highest BCUT2D eigenvalue weighted by Gasteiger charge is 2.22. The van der Waals surface area contributed by atoms with Gasteiger partial charge in [-0.3, -0.25) is 9.89 Å². The van der Waals surface area contributed by atoms with Crippen molar-refractivity contribution in [2.24, 2.45) is 0 Å². The Labute approximate surface area is 101 Å². The van der Waals surface area contributed by atoms with Gasteiger partial charge < -0.3 is 10.2 Å². The predicted octanol–water partition coefficient (Wildman–Crippen LogP) is 1.25. The van der Waals surface area contributed by atoms with Gasteiger partial charge in [0, 0.05) is 19.1 Å². The lowest BCUT2D eigenvalue weighted by molar-refractivity contribution is 0.0781. The molecule has 1 aliphatic rings. The highest BCUT2D eigenvalue weighted by Crippen LogP contribution is 2.11. The summed E-state index contributed by atoms with van der Waals surface area (Å²) in [6.45, 7) is 5.79. The summed E-state index contributed by atoms with van der Waals surface area (Å²) < 4.78 is 0. The maximum absolute atomic E-state index is 12.0. The first kappa shape index (κ1) is 11.9. The summed E-state index contributed by atoms with van der Waals surface area (Å²) in [5.74, 6) is 0.784. The lowest BCUT2D eigenvalue weighted by Crippen LogP contribution is -2.28. The molecular formula is C11H19N5O. The van der Waals surface area contributed by atoms with Crippen molar-refractivity contribution < 1.29 is 4.79 Å². The van der Waals surface area contributed by atoms with Gasteiger partial charge in [0.25, 0.3) is 5.91 Å². The zero-order chi connectivity index (χ0) is 12.3. The van der Waals surface area contributed by atoms with Crippen LogP contribution in [0.4, 0.5) is 5.95 Å². The zero-order valence-electron chi connectivity index (χ0n) is 10.4. The lowest BCUT2D eigenvalue weighted by atomic mass is 10.3. The van der Waals surface area contributed by atoms with Crippen LogP contribution in [0.3, 0.4) is 0 Å². The standard InChI is InChI=1S/C11H19N5O/c1-3-8(2)12-11-13-9(14-15-11)10(17)16-6-4-5-7-16/h8H,3-7H2,1-2H3,(H2,12,13,14,15). The average molecular weight is 237 g/mol. The van der Waals surface area contributed by atoms with Crippen LogP contribution in [0.25, 0.3) is 0 Å². The van der Waals surface area contributed by atoms with Crippen LogP contribution in [0.2, 0.25) is 0 Å². The van der Waals surface area contributed by atoms with Gasteiger partial charge in [0.1, 0.15) is 0 Å². The van der Waals surface area contributed by atoms with E-state index in [4.69, 9.17) is 0 Å². The highest BCUT2D eigenvalue weighted by molar-refractivity contribution is 5.90. The molecule has 0 bridgehead atoms. The molecule has 1 fully saturated rings. The molecule has 2 heterocycles. The van der Waals surface area contributed by atoms with E-state index in [1.807, 2.05) is 4.90 Å². The molecule has 1 atom stereocenters. The normalized spacial score (nSPS) is 17.2. The summed E-state index contributed by atoms with van der Waals surface area (Å²) in [6, 6.07) is 0.306. The van der Waals surface area contributed by atoms with Crippen LogP contribution < -0.4 is 5.32 Å². The number of rotatable bonds is 4. The Morgan fingerprint density at radius 3 is 2.88 bits per heavy atom. The minimum Gasteiger partial charge on any atom is -0.350 e. The first-order valence-corrected chi connectivity index (χ1v) is 6.19. The Morgan fingerprint density at radius 1 is 1.53 bits per heavy atom. The second-order valence-corrected chi connectivity index (χ2v) is 4.46. The van der Waals surface area contributed by atoms with Gasteiger partial charge in [0.05, 0.1) is 0 Å². The van der Waals surface area contributed by atoms with E-state index in [1.54, 1.807) is 0 Å². The topological polar surface area (TPSA) is 73.9 Å². The first-order valence-electron chi connectivity index (χ1n) is 6.19. The van der Waals surface area contributed by atoms with E-state index in [0.29, 0.717) is 17.8 Å². The van der Waals surface area contributed by atoms with Gasteiger partial charge >= 0.3 is 0 Å². The largest absolute Gasteiger partial charge is 0.350 e. The number of amides is 1. The molecule has 1 aliphatic heterocycles. The fraction of sp³-hybridized carbons (Fsp3) is 0.727. The number of H-pyrrole nitrogens is 1. The Bertz CT molecular complexity index is 383. The quantitative estimate of drug-likeness (QED) is 0.826. The van der Waals surface area contributed by atoms with Crippen LogP contribution in [0, 0.1) is 0 Å². The molecule has 0 aliphatic carbocycles. The first-order chi connectivity index (χ1) is 8.20. The van der Waals surface area contributed by atoms with Crippen molar-refractivity contribution in [1.29, 1.82) is 0 Å². The second-order valence-electron chi connectivity index (χ2n) is 4.46. The van der Waals surface area contributed by atoms with Crippen LogP contribution in [0.5, 0.6) is 0 Å². The van der Waals surface area contributed by atoms with E-state index < -0.39 is 0 Å². The number of nitrogens with zero attached hydrogens (tertiary/aromatic N) is 3. The van der Waals surface area contributed by atoms with Crippen molar-refractivity contribution in [2.75, 3.05) is 18.4 Å². The van der Waals surface area contributed by atoms with Crippen LogP contribution in [0.15, 0.2) is 0 Å². The van der Waals surface area contributed by atoms with Gasteiger partial charge in [0.15, 0.2) is 0 Å². The summed E-state index contributed by atoms with van der Waals surface area (Å²) in [5.41, 5.74) is 0. The number of nitrogens with one attached hydrogen (secondary N) is 2. The van der Waals surface area contributed by atoms with E-state index in [0.717, 1.165) is 32.4 Å². The van der Waals surface area contributed by atoms with E-state index in [9.17, 15) is 4.79 Å². The van der Waals surface area contributed by atoms with Gasteiger partial charge in [-0.25, -0.2) is 0 Å². The number of aromatic amines is 1. The SMILES string of the molecule is CCC(C)Nc1n[nH]c(C(=O)N2CCCC2)n1. The molecule has 6 heteroatoms. The summed E-state index contributed by atoms with van der Waals surface area (Å²) in [5, 5.41) is 9.83. The molecule has 1 unspecified atom stereocenters. The number of anilines is 1. The Balaban J connectivity index is 1.99. The smallest absolute Gasteiger partial charge is 0.291 e. The average Bonchev–Trinajstić information content (AvgIpc) is 2.98. The predicted molar refractivity (Wildman–Crippen MR) is 64.9 cm³/mol. The minimum atomic E-state index is -0.0489. The molecule has 0 aromatic carbocycles. The number of hydrogen-bond donors (Lipinski definition) is 2. The molecule has 6 nitrogen and oxygen atoms in total. The van der Waals surface area contributed by atoms with Crippen LogP contribution in [-0.2, 0) is 0 Å². The van der Waals surface area contributed by atoms with E-state index >= 15 is 0 Å². The van der Waals surface area contributed by atoms with Crippen molar-refractivity contribution in [2.45, 2.75) is 39.2 Å². The van der Waals surface area contributed by atoms with Gasteiger partial charge in [-0.05, 0) is 26.2 Å². The third kappa shape index (κ3) is 2.75. The fourth-order valence-corrected chi connectivity index (χ4v) is 1.81. The molecular weight excluding hydrogens is 218 g/mol. The zero-order valence-corrected chi connectivity index (χ0v) is 10.4. The summed E-state index contributed by atoms with van der Waals surface area (Å²) in [6.07, 6.45) is 3.15. The summed E-state index contributed by atoms with van der Waals surface area (Å²) in [7, 11) is 0. The molecule has 94 valence electrons. The van der Waals surface area contributed by atoms with Crippen molar-refractivity contribution in [3.8, 4) is 0 Å². The molecule has 1 aromatic heterocycles. The molecule has 1 aromatic rings. The minimum absolute atomic E-state index is 0.0489. The van der Waals surface area contributed by atoms with Gasteiger partial charge in [0.2, 0.25) is 11.8 Å². The molecule has 0 spiro atoms. The molecule has 2 N–H and O–H groups in total. The molecule has 1 saturated heterocycles. The van der Waals surface area contributed by atoms with E-state index in [1.165, 1.54) is 0 Å². The van der Waals surface area contributed by atoms with Crippen molar-refractivity contribution >= 4 is 11.9 Å². The monoisotopic (exact) mass is 237 g/mol. The summed E-state index contributed by atoms with van der Waals surface area (Å²) >= 11 is 0. The van der Waals surface area contributed by atoms with Gasteiger partial charge in [-0.15, -0.1) is 5.10 Å². The lowest BCUT2D eigenvalue weighted by Gasteiger charge is -2.12. The van der Waals surface area contributed by atoms with Crippen molar-refractivity contribution in [3.05, 3.63) is 5.82 Å². The number of carbonyl (C=O) groups is 1. The van der Waals surface area contributed by atoms with Crippen molar-refractivity contribution in [1.82, 2.24) is 20.1 Å². The fourth-order valence-electron chi connectivity index (χ4n) is 1.81. The molecule has 17 heavy (non-hydrogen) atoms. The Morgan fingerprint density at radius 2 is 2.24 bits per heavy atom. The third-order valence-electron chi connectivity index (χ3n) is 3.07. The highest BCUT2D eigenvalue weighted by atomic mass is 16.2. The van der Waals surface area contributed by atoms with E-state index in [2.05, 4.69) is 34.3 Å². The summed E-state index contributed by atoms with van der Waals surface area (Å²) in [4.78, 5) is 18.0. The Kier molecular flexibility index (Phi) is 3.61. The number of carbonyl (C=O) groups excluding carboxylic acids is 1. The van der Waals surface area contributed by atoms with Gasteiger partial charge in [-0.1, -0.05) is 6.92 Å². The molecule has 0 saturated carbocycles. The number of hydrogen-bond acceptors (Lipinski definition) is 4. The maximum Gasteiger partial charge on any atom is 0.291 e. The van der Waals surface area contributed by atoms with Gasteiger partial charge in [-0.2, -0.15) is 4.98 Å². The molecule has 1 amide bonds. The molecule has 2 rings (SSSR count). The van der Waals surface area contributed by atoms with Crippen LogP contribution in [-0.4, -0.2) is 45.1 Å². The second kappa shape index (κ2) is 5.16. The van der Waals surface area contributed by atoms with Crippen molar-refractivity contribution in [3.63, 3.8) is 0 Å². The third-order valence-corrected chi connectivity index (χ3v) is 3.07. The maximum atomic E-state index is 12.0. The molecule has 0 radical (unpaired) electrons. The van der Waals surface area contributed by atoms with Crippen LogP contribution >= 0.6 is 0 Å². The number of likely N-dealkylation sites (tertiary alicyclic amines) is 1.